The van der Waals surface area contributed by atoms with Crippen LogP contribution in [-0.2, 0) is 0 Å². The lowest BCUT2D eigenvalue weighted by atomic mass is 10.1. The van der Waals surface area contributed by atoms with Gasteiger partial charge in [-0.05, 0) is 36.6 Å². The molecule has 0 fully saturated rings. The van der Waals surface area contributed by atoms with Gasteiger partial charge >= 0.3 is 0 Å². The molecule has 0 bridgehead atoms. The largest absolute Gasteiger partial charge is 0.373 e. The lowest BCUT2D eigenvalue weighted by Gasteiger charge is -2.05. The molecule has 1 heterocycles. The van der Waals surface area contributed by atoms with E-state index in [2.05, 4.69) is 22.9 Å². The Morgan fingerprint density at radius 2 is 2.25 bits per heavy atom. The molecule has 2 nitrogen and oxygen atoms in total. The smallest absolute Gasteiger partial charge is 0.128 e. The van der Waals surface area contributed by atoms with Crippen molar-refractivity contribution in [2.24, 2.45) is 0 Å². The van der Waals surface area contributed by atoms with E-state index in [-0.39, 0.29) is 0 Å². The molecule has 0 saturated carbocycles. The van der Waals surface area contributed by atoms with E-state index in [0.29, 0.717) is 0 Å². The summed E-state index contributed by atoms with van der Waals surface area (Å²) in [6.45, 7) is 7.88. The molecule has 0 aromatic carbocycles. The van der Waals surface area contributed by atoms with Crippen molar-refractivity contribution in [3.05, 3.63) is 30.0 Å². The van der Waals surface area contributed by atoms with Gasteiger partial charge in [-0.15, -0.1) is 0 Å². The second kappa shape index (κ2) is 3.39. The first-order valence-corrected chi connectivity index (χ1v) is 3.95. The average molecular weight is 162 g/mol. The first kappa shape index (κ1) is 8.78. The zero-order valence-corrected chi connectivity index (χ0v) is 7.81. The number of anilines is 1. The van der Waals surface area contributed by atoms with E-state index in [1.807, 2.05) is 27.1 Å². The van der Waals surface area contributed by atoms with Crippen LogP contribution in [0.5, 0.6) is 0 Å². The molecule has 12 heavy (non-hydrogen) atoms. The normalized spacial score (nSPS) is 9.58. The zero-order valence-electron chi connectivity index (χ0n) is 7.81. The fraction of sp³-hybridized carbons (Fsp3) is 0.300. The highest BCUT2D eigenvalue weighted by atomic mass is 15.0. The van der Waals surface area contributed by atoms with Crippen LogP contribution in [0.1, 0.15) is 18.1 Å². The third-order valence-electron chi connectivity index (χ3n) is 1.81. The molecule has 1 rings (SSSR count). The van der Waals surface area contributed by atoms with Crippen LogP contribution in [-0.4, -0.2) is 12.0 Å². The molecule has 0 atom stereocenters. The van der Waals surface area contributed by atoms with E-state index in [0.717, 1.165) is 22.5 Å². The van der Waals surface area contributed by atoms with Crippen molar-refractivity contribution < 1.29 is 0 Å². The molecule has 64 valence electrons. The number of aromatic nitrogens is 1. The number of hydrogen-bond donors (Lipinski definition) is 1. The molecule has 1 aromatic rings. The van der Waals surface area contributed by atoms with Crippen molar-refractivity contribution in [1.82, 2.24) is 4.98 Å². The Bertz CT molecular complexity index is 303. The minimum Gasteiger partial charge on any atom is -0.373 e. The number of rotatable bonds is 2. The molecule has 0 aliphatic rings. The van der Waals surface area contributed by atoms with Crippen LogP contribution < -0.4 is 5.32 Å². The van der Waals surface area contributed by atoms with Gasteiger partial charge in [-0.3, -0.25) is 0 Å². The Hall–Kier alpha value is -1.31. The second-order valence-electron chi connectivity index (χ2n) is 2.92. The molecule has 0 spiro atoms. The lowest BCUT2D eigenvalue weighted by molar-refractivity contribution is 1.22. The number of aryl methyl sites for hydroxylation is 1. The fourth-order valence-electron chi connectivity index (χ4n) is 1.07. The quantitative estimate of drug-likeness (QED) is 0.722. The Balaban J connectivity index is 3.10. The maximum Gasteiger partial charge on any atom is 0.128 e. The molecule has 0 saturated heterocycles. The van der Waals surface area contributed by atoms with Crippen LogP contribution >= 0.6 is 0 Å². The van der Waals surface area contributed by atoms with Gasteiger partial charge in [0, 0.05) is 13.2 Å². The Kier molecular flexibility index (Phi) is 2.48. The predicted octanol–water partition coefficient (Wildman–Crippen LogP) is 2.46. The van der Waals surface area contributed by atoms with Gasteiger partial charge in [-0.2, -0.15) is 0 Å². The fourth-order valence-corrected chi connectivity index (χ4v) is 1.07. The molecule has 0 amide bonds. The highest BCUT2D eigenvalue weighted by Crippen LogP contribution is 2.16. The minimum atomic E-state index is 0.931. The summed E-state index contributed by atoms with van der Waals surface area (Å²) >= 11 is 0. The van der Waals surface area contributed by atoms with Gasteiger partial charge in [0.15, 0.2) is 0 Å². The van der Waals surface area contributed by atoms with Gasteiger partial charge in [-0.1, -0.05) is 6.58 Å². The van der Waals surface area contributed by atoms with Crippen LogP contribution in [0.2, 0.25) is 0 Å². The summed E-state index contributed by atoms with van der Waals surface area (Å²) < 4.78 is 0. The van der Waals surface area contributed by atoms with Gasteiger partial charge < -0.3 is 5.32 Å². The van der Waals surface area contributed by atoms with E-state index in [1.54, 1.807) is 0 Å². The maximum atomic E-state index is 4.25. The third-order valence-corrected chi connectivity index (χ3v) is 1.81. The molecular weight excluding hydrogens is 148 g/mol. The number of nitrogens with zero attached hydrogens (tertiary/aromatic N) is 1. The van der Waals surface area contributed by atoms with Crippen LogP contribution in [0.15, 0.2) is 18.8 Å². The summed E-state index contributed by atoms with van der Waals surface area (Å²) in [5.41, 5.74) is 3.30. The molecule has 1 aromatic heterocycles. The summed E-state index contributed by atoms with van der Waals surface area (Å²) in [4.78, 5) is 4.25. The summed E-state index contributed by atoms with van der Waals surface area (Å²) in [5.74, 6) is 0.931. The van der Waals surface area contributed by atoms with Crippen molar-refractivity contribution in [3.63, 3.8) is 0 Å². The van der Waals surface area contributed by atoms with Crippen molar-refractivity contribution >= 4 is 11.4 Å². The number of pyridine rings is 1. The van der Waals surface area contributed by atoms with E-state index in [9.17, 15) is 0 Å². The third kappa shape index (κ3) is 1.64. The second-order valence-corrected chi connectivity index (χ2v) is 2.92. The molecule has 2 heteroatoms. The highest BCUT2D eigenvalue weighted by molar-refractivity contribution is 5.63. The first-order valence-electron chi connectivity index (χ1n) is 3.95. The van der Waals surface area contributed by atoms with Gasteiger partial charge in [0.05, 0.1) is 0 Å². The average Bonchev–Trinajstić information content (AvgIpc) is 2.04. The summed E-state index contributed by atoms with van der Waals surface area (Å²) in [7, 11) is 1.87. The van der Waals surface area contributed by atoms with E-state index in [4.69, 9.17) is 0 Å². The van der Waals surface area contributed by atoms with Gasteiger partial charge in [0.2, 0.25) is 0 Å². The lowest BCUT2D eigenvalue weighted by Crippen LogP contribution is -1.96. The summed E-state index contributed by atoms with van der Waals surface area (Å²) in [6, 6.07) is 2.08. The first-order chi connectivity index (χ1) is 5.65. The summed E-state index contributed by atoms with van der Waals surface area (Å²) in [6.07, 6.45) is 1.83. The van der Waals surface area contributed by atoms with E-state index in [1.165, 1.54) is 0 Å². The van der Waals surface area contributed by atoms with Gasteiger partial charge in [-0.25, -0.2) is 4.98 Å². The van der Waals surface area contributed by atoms with Crippen molar-refractivity contribution in [1.29, 1.82) is 0 Å². The van der Waals surface area contributed by atoms with Crippen LogP contribution in [0.25, 0.3) is 5.57 Å². The van der Waals surface area contributed by atoms with E-state index >= 15 is 0 Å². The Morgan fingerprint density at radius 1 is 1.58 bits per heavy atom. The SMILES string of the molecule is C=C(C)c1cnc(NC)c(C)c1. The molecule has 1 N–H and O–H groups in total. The summed E-state index contributed by atoms with van der Waals surface area (Å²) in [5, 5.41) is 3.02. The monoisotopic (exact) mass is 162 g/mol. The predicted molar refractivity (Wildman–Crippen MR) is 53.2 cm³/mol. The van der Waals surface area contributed by atoms with Crippen LogP contribution in [0, 0.1) is 6.92 Å². The van der Waals surface area contributed by atoms with Crippen molar-refractivity contribution in [2.75, 3.05) is 12.4 Å². The van der Waals surface area contributed by atoms with Crippen LogP contribution in [0.4, 0.5) is 5.82 Å². The number of allylic oxidation sites excluding steroid dienone is 1. The van der Waals surface area contributed by atoms with Crippen molar-refractivity contribution in [2.45, 2.75) is 13.8 Å². The number of hydrogen-bond acceptors (Lipinski definition) is 2. The zero-order chi connectivity index (χ0) is 9.14. The minimum absolute atomic E-state index is 0.931. The van der Waals surface area contributed by atoms with Crippen LogP contribution in [0.3, 0.4) is 0 Å². The molecule has 0 radical (unpaired) electrons. The van der Waals surface area contributed by atoms with Gasteiger partial charge in [0.25, 0.3) is 0 Å². The standard InChI is InChI=1S/C10H14N2/c1-7(2)9-5-8(3)10(11-4)12-6-9/h5-6H,1H2,2-4H3,(H,11,12). The van der Waals surface area contributed by atoms with Crippen molar-refractivity contribution in [3.8, 4) is 0 Å². The maximum absolute atomic E-state index is 4.25. The topological polar surface area (TPSA) is 24.9 Å². The van der Waals surface area contributed by atoms with Gasteiger partial charge in [0.1, 0.15) is 5.82 Å². The van der Waals surface area contributed by atoms with E-state index < -0.39 is 0 Å². The Morgan fingerprint density at radius 3 is 2.67 bits per heavy atom. The molecule has 0 aliphatic heterocycles. The highest BCUT2D eigenvalue weighted by Gasteiger charge is 1.99. The molecular formula is C10H14N2. The molecule has 0 aliphatic carbocycles. The molecule has 0 unspecified atom stereocenters. The number of nitrogens with one attached hydrogen (secondary N) is 1. The Labute approximate surface area is 73.3 Å².